The number of aromatic nitrogens is 3. The predicted molar refractivity (Wildman–Crippen MR) is 51.4 cm³/mol. The van der Waals surface area contributed by atoms with Gasteiger partial charge in [-0.05, 0) is 0 Å². The molecule has 15 heavy (non-hydrogen) atoms. The molecule has 0 spiro atoms. The molecule has 8 nitrogen and oxygen atoms in total. The standard InChI is InChI=1S/C7H12N6O2/c1-13(3-2-6(8)11-15)7(14)5-4-9-12-10-5/h4,15H,2-3H2,1H3,(H2,8,11)(H,9,10,12). The number of hydrogen-bond acceptors (Lipinski definition) is 5. The van der Waals surface area contributed by atoms with Gasteiger partial charge in [0.25, 0.3) is 5.91 Å². The normalized spacial score (nSPS) is 11.4. The summed E-state index contributed by atoms with van der Waals surface area (Å²) in [6, 6.07) is 0. The first-order chi connectivity index (χ1) is 7.15. The first-order valence-corrected chi connectivity index (χ1v) is 4.22. The van der Waals surface area contributed by atoms with Crippen molar-refractivity contribution in [1.29, 1.82) is 0 Å². The summed E-state index contributed by atoms with van der Waals surface area (Å²) in [6.45, 7) is 0.349. The van der Waals surface area contributed by atoms with Crippen molar-refractivity contribution in [2.45, 2.75) is 6.42 Å². The van der Waals surface area contributed by atoms with Crippen molar-refractivity contribution in [2.75, 3.05) is 13.6 Å². The number of H-pyrrole nitrogens is 1. The lowest BCUT2D eigenvalue weighted by molar-refractivity contribution is 0.0792. The number of carbonyl (C=O) groups is 1. The first-order valence-electron chi connectivity index (χ1n) is 4.22. The highest BCUT2D eigenvalue weighted by Crippen LogP contribution is 1.97. The third-order valence-corrected chi connectivity index (χ3v) is 1.81. The van der Waals surface area contributed by atoms with E-state index in [1.54, 1.807) is 7.05 Å². The third kappa shape index (κ3) is 2.93. The van der Waals surface area contributed by atoms with Gasteiger partial charge in [0.15, 0.2) is 5.69 Å². The van der Waals surface area contributed by atoms with Crippen LogP contribution in [0.4, 0.5) is 0 Å². The molecule has 4 N–H and O–H groups in total. The Hall–Kier alpha value is -2.12. The molecule has 0 fully saturated rings. The van der Waals surface area contributed by atoms with Crippen LogP contribution in [-0.4, -0.2) is 50.9 Å². The van der Waals surface area contributed by atoms with Crippen LogP contribution in [0.3, 0.4) is 0 Å². The van der Waals surface area contributed by atoms with Crippen LogP contribution in [0, 0.1) is 0 Å². The summed E-state index contributed by atoms with van der Waals surface area (Å²) in [5.74, 6) is -0.190. The third-order valence-electron chi connectivity index (χ3n) is 1.81. The van der Waals surface area contributed by atoms with E-state index < -0.39 is 0 Å². The molecule has 0 radical (unpaired) electrons. The van der Waals surface area contributed by atoms with Crippen LogP contribution >= 0.6 is 0 Å². The van der Waals surface area contributed by atoms with E-state index in [4.69, 9.17) is 10.9 Å². The zero-order valence-corrected chi connectivity index (χ0v) is 8.21. The number of oxime groups is 1. The van der Waals surface area contributed by atoms with Crippen molar-refractivity contribution in [2.24, 2.45) is 10.9 Å². The van der Waals surface area contributed by atoms with Crippen LogP contribution < -0.4 is 5.73 Å². The SMILES string of the molecule is CN(CCC(N)=NO)C(=O)c1cn[nH]n1. The second-order valence-electron chi connectivity index (χ2n) is 2.92. The van der Waals surface area contributed by atoms with Gasteiger partial charge in [-0.25, -0.2) is 0 Å². The minimum atomic E-state index is -0.269. The smallest absolute Gasteiger partial charge is 0.275 e. The van der Waals surface area contributed by atoms with Crippen LogP contribution in [0.1, 0.15) is 16.9 Å². The molecular weight excluding hydrogens is 200 g/mol. The van der Waals surface area contributed by atoms with Gasteiger partial charge in [0.2, 0.25) is 0 Å². The fraction of sp³-hybridized carbons (Fsp3) is 0.429. The van der Waals surface area contributed by atoms with E-state index in [0.29, 0.717) is 13.0 Å². The van der Waals surface area contributed by atoms with Crippen LogP contribution in [0.15, 0.2) is 11.4 Å². The van der Waals surface area contributed by atoms with Crippen LogP contribution in [-0.2, 0) is 0 Å². The molecule has 1 rings (SSSR count). The number of amides is 1. The van der Waals surface area contributed by atoms with E-state index in [1.807, 2.05) is 0 Å². The van der Waals surface area contributed by atoms with Gasteiger partial charge in [0, 0.05) is 20.0 Å². The Morgan fingerprint density at radius 3 is 3.07 bits per heavy atom. The number of carbonyl (C=O) groups excluding carboxylic acids is 1. The summed E-state index contributed by atoms with van der Waals surface area (Å²) in [5.41, 5.74) is 5.50. The largest absolute Gasteiger partial charge is 0.409 e. The number of hydrogen-bond donors (Lipinski definition) is 3. The second kappa shape index (κ2) is 4.94. The number of rotatable bonds is 4. The molecule has 0 aliphatic carbocycles. The summed E-state index contributed by atoms with van der Waals surface area (Å²) in [5, 5.41) is 20.6. The number of nitrogens with two attached hydrogens (primary N) is 1. The van der Waals surface area contributed by atoms with E-state index in [-0.39, 0.29) is 17.4 Å². The lowest BCUT2D eigenvalue weighted by atomic mass is 10.3. The van der Waals surface area contributed by atoms with Gasteiger partial charge >= 0.3 is 0 Å². The molecule has 8 heteroatoms. The molecule has 1 heterocycles. The molecular formula is C7H12N6O2. The molecule has 82 valence electrons. The summed E-state index contributed by atoms with van der Waals surface area (Å²) in [4.78, 5) is 13.0. The summed E-state index contributed by atoms with van der Waals surface area (Å²) in [7, 11) is 1.60. The zero-order valence-electron chi connectivity index (χ0n) is 8.21. The highest BCUT2D eigenvalue weighted by atomic mass is 16.4. The fourth-order valence-corrected chi connectivity index (χ4v) is 0.934. The maximum atomic E-state index is 11.6. The zero-order chi connectivity index (χ0) is 11.3. The van der Waals surface area contributed by atoms with Gasteiger partial charge in [0.05, 0.1) is 6.20 Å². The quantitative estimate of drug-likeness (QED) is 0.256. The second-order valence-corrected chi connectivity index (χ2v) is 2.92. The Kier molecular flexibility index (Phi) is 3.61. The molecule has 0 unspecified atom stereocenters. The number of nitrogens with one attached hydrogen (secondary N) is 1. The van der Waals surface area contributed by atoms with E-state index in [2.05, 4.69) is 20.6 Å². The van der Waals surface area contributed by atoms with Crippen molar-refractivity contribution in [3.8, 4) is 0 Å². The van der Waals surface area contributed by atoms with E-state index in [1.165, 1.54) is 11.1 Å². The monoisotopic (exact) mass is 212 g/mol. The average Bonchev–Trinajstić information content (AvgIpc) is 2.77. The molecule has 1 aromatic heterocycles. The predicted octanol–water partition coefficient (Wildman–Crippen LogP) is -0.987. The summed E-state index contributed by atoms with van der Waals surface area (Å²) in [6.07, 6.45) is 1.64. The van der Waals surface area contributed by atoms with Crippen LogP contribution in [0.25, 0.3) is 0 Å². The molecule has 0 saturated heterocycles. The Morgan fingerprint density at radius 1 is 1.80 bits per heavy atom. The molecule has 0 bridgehead atoms. The maximum absolute atomic E-state index is 11.6. The molecule has 0 aromatic carbocycles. The van der Waals surface area contributed by atoms with E-state index >= 15 is 0 Å². The summed E-state index contributed by atoms with van der Waals surface area (Å²) >= 11 is 0. The Morgan fingerprint density at radius 2 is 2.53 bits per heavy atom. The van der Waals surface area contributed by atoms with Gasteiger partial charge in [-0.15, -0.1) is 0 Å². The van der Waals surface area contributed by atoms with Crippen molar-refractivity contribution in [3.05, 3.63) is 11.9 Å². The van der Waals surface area contributed by atoms with E-state index in [9.17, 15) is 4.79 Å². The van der Waals surface area contributed by atoms with Gasteiger partial charge in [-0.1, -0.05) is 5.16 Å². The van der Waals surface area contributed by atoms with Gasteiger partial charge in [-0.3, -0.25) is 4.79 Å². The molecule has 0 saturated carbocycles. The number of aromatic amines is 1. The maximum Gasteiger partial charge on any atom is 0.275 e. The van der Waals surface area contributed by atoms with Crippen molar-refractivity contribution < 1.29 is 10.0 Å². The summed E-state index contributed by atoms with van der Waals surface area (Å²) < 4.78 is 0. The lowest BCUT2D eigenvalue weighted by Gasteiger charge is -2.14. The average molecular weight is 212 g/mol. The molecule has 1 aromatic rings. The lowest BCUT2D eigenvalue weighted by Crippen LogP contribution is -2.30. The Labute approximate surface area is 85.7 Å². The highest BCUT2D eigenvalue weighted by molar-refractivity contribution is 5.92. The molecule has 0 aliphatic heterocycles. The van der Waals surface area contributed by atoms with Crippen molar-refractivity contribution >= 4 is 11.7 Å². The Balaban J connectivity index is 2.48. The van der Waals surface area contributed by atoms with Crippen molar-refractivity contribution in [1.82, 2.24) is 20.3 Å². The minimum Gasteiger partial charge on any atom is -0.409 e. The van der Waals surface area contributed by atoms with Gasteiger partial charge < -0.3 is 15.8 Å². The van der Waals surface area contributed by atoms with Crippen LogP contribution in [0.5, 0.6) is 0 Å². The highest BCUT2D eigenvalue weighted by Gasteiger charge is 2.14. The topological polar surface area (TPSA) is 120 Å². The van der Waals surface area contributed by atoms with E-state index in [0.717, 1.165) is 0 Å². The van der Waals surface area contributed by atoms with Crippen molar-refractivity contribution in [3.63, 3.8) is 0 Å². The molecule has 0 aliphatic rings. The fourth-order valence-electron chi connectivity index (χ4n) is 0.934. The molecule has 1 amide bonds. The van der Waals surface area contributed by atoms with Gasteiger partial charge in [0.1, 0.15) is 5.84 Å². The van der Waals surface area contributed by atoms with Gasteiger partial charge in [-0.2, -0.15) is 15.4 Å². The van der Waals surface area contributed by atoms with Crippen LogP contribution in [0.2, 0.25) is 0 Å². The molecule has 0 atom stereocenters. The number of amidine groups is 1. The Bertz CT molecular complexity index is 346. The minimum absolute atomic E-state index is 0.0785. The first kappa shape index (κ1) is 11.0. The number of nitrogens with zero attached hydrogens (tertiary/aromatic N) is 4.